The van der Waals surface area contributed by atoms with E-state index in [-0.39, 0.29) is 11.8 Å². The molecule has 2 atom stereocenters. The van der Waals surface area contributed by atoms with E-state index in [1.807, 2.05) is 26.1 Å². The Morgan fingerprint density at radius 1 is 1.13 bits per heavy atom. The van der Waals surface area contributed by atoms with Gasteiger partial charge in [0, 0.05) is 42.9 Å². The van der Waals surface area contributed by atoms with Crippen LogP contribution in [0, 0.1) is 17.8 Å². The van der Waals surface area contributed by atoms with Gasteiger partial charge >= 0.3 is 5.97 Å². The number of carbonyl (C=O) groups is 1. The fourth-order valence-corrected chi connectivity index (χ4v) is 4.17. The third-order valence-electron chi connectivity index (χ3n) is 5.73. The SMILES string of the molecule is CC(C)C[C@H](C(=O)O)[C@H](Cc1ccc(-c2ccc3c(c2)CNC3)cn1)C1=NNNN1. The highest BCUT2D eigenvalue weighted by molar-refractivity contribution is 5.89. The monoisotopic (exact) mass is 408 g/mol. The molecule has 0 saturated carbocycles. The minimum absolute atomic E-state index is 0.265. The lowest BCUT2D eigenvalue weighted by molar-refractivity contribution is -0.143. The van der Waals surface area contributed by atoms with Gasteiger partial charge in [0.1, 0.15) is 5.84 Å². The first-order valence-corrected chi connectivity index (χ1v) is 10.4. The summed E-state index contributed by atoms with van der Waals surface area (Å²) in [6.07, 6.45) is 2.93. The van der Waals surface area contributed by atoms with Crippen LogP contribution in [-0.2, 0) is 24.3 Å². The van der Waals surface area contributed by atoms with Crippen molar-refractivity contribution < 1.29 is 9.90 Å². The van der Waals surface area contributed by atoms with Crippen molar-refractivity contribution in [2.75, 3.05) is 0 Å². The van der Waals surface area contributed by atoms with Crippen LogP contribution >= 0.6 is 0 Å². The summed E-state index contributed by atoms with van der Waals surface area (Å²) in [6.45, 7) is 5.90. The molecular weight excluding hydrogens is 380 g/mol. The van der Waals surface area contributed by atoms with Crippen molar-refractivity contribution in [2.24, 2.45) is 22.9 Å². The lowest BCUT2D eigenvalue weighted by Crippen LogP contribution is -2.42. The number of carboxylic acid groups (broad SMARTS) is 1. The van der Waals surface area contributed by atoms with Crippen LogP contribution < -0.4 is 21.8 Å². The molecule has 8 nitrogen and oxygen atoms in total. The van der Waals surface area contributed by atoms with E-state index in [4.69, 9.17) is 0 Å². The molecule has 0 spiro atoms. The number of pyridine rings is 1. The fourth-order valence-electron chi connectivity index (χ4n) is 4.17. The van der Waals surface area contributed by atoms with Crippen LogP contribution in [0.3, 0.4) is 0 Å². The number of hydrogen-bond donors (Lipinski definition) is 5. The first kappa shape index (κ1) is 20.3. The number of hydrogen-bond acceptors (Lipinski definition) is 7. The number of hydrazone groups is 1. The highest BCUT2D eigenvalue weighted by Gasteiger charge is 2.34. The average molecular weight is 409 g/mol. The molecule has 0 amide bonds. The molecule has 2 aliphatic rings. The number of rotatable bonds is 8. The maximum absolute atomic E-state index is 12.0. The second-order valence-electron chi connectivity index (χ2n) is 8.37. The number of nitrogens with one attached hydrogen (secondary N) is 4. The van der Waals surface area contributed by atoms with Gasteiger partial charge in [0.25, 0.3) is 0 Å². The molecule has 0 aliphatic carbocycles. The summed E-state index contributed by atoms with van der Waals surface area (Å²) in [5.41, 5.74) is 14.0. The number of hydrazine groups is 2. The number of fused-ring (bicyclic) bond motifs is 1. The zero-order valence-electron chi connectivity index (χ0n) is 17.3. The van der Waals surface area contributed by atoms with Gasteiger partial charge in [-0.2, -0.15) is 0 Å². The van der Waals surface area contributed by atoms with Crippen molar-refractivity contribution in [1.82, 2.24) is 26.8 Å². The maximum atomic E-state index is 12.0. The Labute approximate surface area is 176 Å². The van der Waals surface area contributed by atoms with Crippen molar-refractivity contribution in [2.45, 2.75) is 39.8 Å². The Kier molecular flexibility index (Phi) is 5.96. The summed E-state index contributed by atoms with van der Waals surface area (Å²) in [4.78, 5) is 16.7. The van der Waals surface area contributed by atoms with E-state index in [0.29, 0.717) is 18.7 Å². The molecule has 4 rings (SSSR count). The molecule has 5 N–H and O–H groups in total. The van der Waals surface area contributed by atoms with Gasteiger partial charge in [-0.05, 0) is 41.2 Å². The van der Waals surface area contributed by atoms with Crippen molar-refractivity contribution in [3.8, 4) is 11.1 Å². The molecule has 2 aromatic rings. The minimum Gasteiger partial charge on any atom is -0.481 e. The third kappa shape index (κ3) is 4.44. The number of nitrogens with zero attached hydrogens (tertiary/aromatic N) is 2. The van der Waals surface area contributed by atoms with Crippen molar-refractivity contribution in [3.63, 3.8) is 0 Å². The van der Waals surface area contributed by atoms with Crippen LogP contribution in [0.15, 0.2) is 41.6 Å². The van der Waals surface area contributed by atoms with Crippen LogP contribution in [0.5, 0.6) is 0 Å². The predicted octanol–water partition coefficient (Wildman–Crippen LogP) is 2.18. The first-order chi connectivity index (χ1) is 14.5. The summed E-state index contributed by atoms with van der Waals surface area (Å²) in [6, 6.07) is 10.6. The van der Waals surface area contributed by atoms with Gasteiger partial charge in [-0.15, -0.1) is 10.6 Å². The average Bonchev–Trinajstić information content (AvgIpc) is 3.42. The lowest BCUT2D eigenvalue weighted by Gasteiger charge is -2.24. The molecule has 158 valence electrons. The van der Waals surface area contributed by atoms with E-state index in [0.717, 1.165) is 29.9 Å². The highest BCUT2D eigenvalue weighted by atomic mass is 16.4. The van der Waals surface area contributed by atoms with E-state index in [1.54, 1.807) is 0 Å². The standard InChI is InChI=1S/C22H28N6O2/c1-13(2)7-20(22(29)30)19(21-25-27-28-26-21)9-18-6-5-16(12-24-18)14-3-4-15-10-23-11-17(15)8-14/h3-6,8,12-13,19-20,23,27-28H,7,9-11H2,1-2H3,(H,25,26)(H,29,30)/t19-,20-/m0/s1. The Hall–Kier alpha value is -2.97. The summed E-state index contributed by atoms with van der Waals surface area (Å²) in [5.74, 6) is -0.810. The minimum atomic E-state index is -0.812. The highest BCUT2D eigenvalue weighted by Crippen LogP contribution is 2.28. The predicted molar refractivity (Wildman–Crippen MR) is 115 cm³/mol. The number of aromatic nitrogens is 1. The molecule has 2 aliphatic heterocycles. The molecule has 0 unspecified atom stereocenters. The van der Waals surface area contributed by atoms with Crippen LogP contribution in [0.1, 0.15) is 37.1 Å². The van der Waals surface area contributed by atoms with Gasteiger partial charge < -0.3 is 10.4 Å². The molecule has 8 heteroatoms. The van der Waals surface area contributed by atoms with Crippen LogP contribution in [-0.4, -0.2) is 21.9 Å². The van der Waals surface area contributed by atoms with Crippen molar-refractivity contribution in [3.05, 3.63) is 53.3 Å². The van der Waals surface area contributed by atoms with Gasteiger partial charge in [-0.3, -0.25) is 15.2 Å². The smallest absolute Gasteiger partial charge is 0.307 e. The van der Waals surface area contributed by atoms with E-state index in [2.05, 4.69) is 56.2 Å². The molecular formula is C22H28N6O2. The van der Waals surface area contributed by atoms with E-state index >= 15 is 0 Å². The molecule has 3 heterocycles. The lowest BCUT2D eigenvalue weighted by atomic mass is 9.81. The normalized spacial score (nSPS) is 17.1. The van der Waals surface area contributed by atoms with Crippen LogP contribution in [0.2, 0.25) is 0 Å². The Bertz CT molecular complexity index is 941. The number of carboxylic acids is 1. The van der Waals surface area contributed by atoms with Crippen molar-refractivity contribution >= 4 is 11.8 Å². The second-order valence-corrected chi connectivity index (χ2v) is 8.37. The third-order valence-corrected chi connectivity index (χ3v) is 5.73. The van der Waals surface area contributed by atoms with E-state index < -0.39 is 11.9 Å². The van der Waals surface area contributed by atoms with Crippen LogP contribution in [0.25, 0.3) is 11.1 Å². The van der Waals surface area contributed by atoms with Gasteiger partial charge in [0.15, 0.2) is 0 Å². The van der Waals surface area contributed by atoms with Gasteiger partial charge in [0.05, 0.1) is 5.92 Å². The number of amidine groups is 1. The molecule has 0 fully saturated rings. The molecule has 0 radical (unpaired) electrons. The summed E-state index contributed by atoms with van der Waals surface area (Å²) in [7, 11) is 0. The first-order valence-electron chi connectivity index (χ1n) is 10.4. The summed E-state index contributed by atoms with van der Waals surface area (Å²) >= 11 is 0. The van der Waals surface area contributed by atoms with Crippen molar-refractivity contribution in [1.29, 1.82) is 0 Å². The van der Waals surface area contributed by atoms with Crippen LogP contribution in [0.4, 0.5) is 0 Å². The topological polar surface area (TPSA) is 111 Å². The Morgan fingerprint density at radius 3 is 2.60 bits per heavy atom. The number of benzene rings is 1. The quantitative estimate of drug-likeness (QED) is 0.455. The maximum Gasteiger partial charge on any atom is 0.307 e. The summed E-state index contributed by atoms with van der Waals surface area (Å²) in [5, 5.41) is 17.4. The van der Waals surface area contributed by atoms with E-state index in [1.165, 1.54) is 11.1 Å². The summed E-state index contributed by atoms with van der Waals surface area (Å²) < 4.78 is 0. The van der Waals surface area contributed by atoms with Gasteiger partial charge in [0.2, 0.25) is 0 Å². The van der Waals surface area contributed by atoms with Gasteiger partial charge in [-0.1, -0.05) is 32.0 Å². The largest absolute Gasteiger partial charge is 0.481 e. The Balaban J connectivity index is 1.55. The molecule has 0 saturated heterocycles. The fraction of sp³-hybridized carbons (Fsp3) is 0.409. The second kappa shape index (κ2) is 8.81. The zero-order chi connectivity index (χ0) is 21.1. The van der Waals surface area contributed by atoms with E-state index in [9.17, 15) is 9.90 Å². The van der Waals surface area contributed by atoms with Gasteiger partial charge in [-0.25, -0.2) is 5.53 Å². The number of aliphatic carboxylic acids is 1. The molecule has 1 aromatic carbocycles. The Morgan fingerprint density at radius 2 is 1.93 bits per heavy atom. The molecule has 1 aromatic heterocycles. The molecule has 0 bridgehead atoms. The zero-order valence-corrected chi connectivity index (χ0v) is 17.3. The molecule has 30 heavy (non-hydrogen) atoms.